The summed E-state index contributed by atoms with van der Waals surface area (Å²) in [4.78, 5) is 21.8. The summed E-state index contributed by atoms with van der Waals surface area (Å²) in [7, 11) is 0. The first-order valence-electron chi connectivity index (χ1n) is 7.61. The quantitative estimate of drug-likeness (QED) is 0.906. The average Bonchev–Trinajstić information content (AvgIpc) is 2.63. The third kappa shape index (κ3) is 3.71. The van der Waals surface area contributed by atoms with E-state index in [4.69, 9.17) is 5.11 Å². The van der Waals surface area contributed by atoms with Gasteiger partial charge in [0.2, 0.25) is 5.95 Å². The lowest BCUT2D eigenvalue weighted by atomic mass is 9.77. The molecule has 1 unspecified atom stereocenters. The fourth-order valence-electron chi connectivity index (χ4n) is 2.98. The molecule has 1 atom stereocenters. The number of anilines is 1. The molecule has 5 heteroatoms. The summed E-state index contributed by atoms with van der Waals surface area (Å²) in [5, 5.41) is 9.04. The summed E-state index contributed by atoms with van der Waals surface area (Å²) >= 11 is 0. The van der Waals surface area contributed by atoms with Crippen molar-refractivity contribution in [2.75, 3.05) is 18.0 Å². The van der Waals surface area contributed by atoms with Gasteiger partial charge >= 0.3 is 5.97 Å². The van der Waals surface area contributed by atoms with Crippen LogP contribution < -0.4 is 4.90 Å². The van der Waals surface area contributed by atoms with Gasteiger partial charge in [0.25, 0.3) is 0 Å². The van der Waals surface area contributed by atoms with Crippen molar-refractivity contribution in [2.24, 2.45) is 11.3 Å². The number of hydrogen-bond acceptors (Lipinski definition) is 4. The highest BCUT2D eigenvalue weighted by molar-refractivity contribution is 5.88. The molecule has 0 amide bonds. The molecule has 2 heterocycles. The first-order valence-corrected chi connectivity index (χ1v) is 7.61. The molecule has 2 rings (SSSR count). The van der Waals surface area contributed by atoms with E-state index in [0.717, 1.165) is 25.9 Å². The lowest BCUT2D eigenvalue weighted by Gasteiger charge is -2.29. The zero-order valence-corrected chi connectivity index (χ0v) is 13.4. The lowest BCUT2D eigenvalue weighted by Crippen LogP contribution is -2.28. The number of nitrogens with zero attached hydrogens (tertiary/aromatic N) is 3. The van der Waals surface area contributed by atoms with Crippen molar-refractivity contribution in [1.29, 1.82) is 0 Å². The first kappa shape index (κ1) is 15.7. The van der Waals surface area contributed by atoms with Gasteiger partial charge in [-0.25, -0.2) is 14.8 Å². The molecule has 0 bridgehead atoms. The van der Waals surface area contributed by atoms with Crippen molar-refractivity contribution < 1.29 is 9.90 Å². The largest absolute Gasteiger partial charge is 0.478 e. The van der Waals surface area contributed by atoms with E-state index >= 15 is 0 Å². The normalized spacial score (nSPS) is 20.2. The van der Waals surface area contributed by atoms with Crippen LogP contribution in [0, 0.1) is 18.3 Å². The Hall–Kier alpha value is -1.65. The second-order valence-electron chi connectivity index (χ2n) is 6.96. The highest BCUT2D eigenvalue weighted by Crippen LogP contribution is 2.34. The maximum Gasteiger partial charge on any atom is 0.339 e. The standard InChI is InChI=1S/C16H25N3O2/c1-11-13(14(20)21)10-17-15(18-11)19-8-5-6-12(7-9-19)16(2,3)4/h10,12H,5-9H2,1-4H3,(H,20,21). The first-order chi connectivity index (χ1) is 9.79. The van der Waals surface area contributed by atoms with Crippen LogP contribution in [0.1, 0.15) is 56.1 Å². The van der Waals surface area contributed by atoms with Gasteiger partial charge in [0.1, 0.15) is 0 Å². The van der Waals surface area contributed by atoms with E-state index in [-0.39, 0.29) is 5.56 Å². The summed E-state index contributed by atoms with van der Waals surface area (Å²) in [6.07, 6.45) is 4.91. The second-order valence-corrected chi connectivity index (χ2v) is 6.96. The summed E-state index contributed by atoms with van der Waals surface area (Å²) in [6.45, 7) is 10.5. The van der Waals surface area contributed by atoms with Crippen molar-refractivity contribution in [2.45, 2.75) is 47.0 Å². The van der Waals surface area contributed by atoms with Crippen molar-refractivity contribution in [3.8, 4) is 0 Å². The van der Waals surface area contributed by atoms with Gasteiger partial charge in [-0.05, 0) is 37.5 Å². The van der Waals surface area contributed by atoms with Crippen molar-refractivity contribution in [3.05, 3.63) is 17.5 Å². The van der Waals surface area contributed by atoms with Crippen LogP contribution in [0.2, 0.25) is 0 Å². The molecular formula is C16H25N3O2. The monoisotopic (exact) mass is 291 g/mol. The van der Waals surface area contributed by atoms with Gasteiger partial charge < -0.3 is 10.0 Å². The molecule has 0 radical (unpaired) electrons. The third-order valence-corrected chi connectivity index (χ3v) is 4.43. The number of aromatic carboxylic acids is 1. The maximum absolute atomic E-state index is 11.0. The molecule has 21 heavy (non-hydrogen) atoms. The molecule has 0 aliphatic carbocycles. The molecule has 1 saturated heterocycles. The lowest BCUT2D eigenvalue weighted by molar-refractivity contribution is 0.0695. The number of rotatable bonds is 2. The van der Waals surface area contributed by atoms with Gasteiger partial charge in [-0.3, -0.25) is 0 Å². The molecule has 1 N–H and O–H groups in total. The molecule has 1 fully saturated rings. The van der Waals surface area contributed by atoms with E-state index in [1.165, 1.54) is 12.6 Å². The van der Waals surface area contributed by atoms with Crippen LogP contribution in [0.25, 0.3) is 0 Å². The van der Waals surface area contributed by atoms with E-state index in [0.29, 0.717) is 23.0 Å². The third-order valence-electron chi connectivity index (χ3n) is 4.43. The number of aryl methyl sites for hydroxylation is 1. The molecule has 0 aromatic carbocycles. The van der Waals surface area contributed by atoms with Gasteiger partial charge in [-0.1, -0.05) is 20.8 Å². The minimum absolute atomic E-state index is 0.182. The van der Waals surface area contributed by atoms with Crippen LogP contribution >= 0.6 is 0 Å². The smallest absolute Gasteiger partial charge is 0.339 e. The predicted molar refractivity (Wildman–Crippen MR) is 82.7 cm³/mol. The summed E-state index contributed by atoms with van der Waals surface area (Å²) in [5.74, 6) is 0.400. The van der Waals surface area contributed by atoms with Gasteiger partial charge in [-0.2, -0.15) is 0 Å². The molecule has 1 aromatic heterocycles. The minimum atomic E-state index is -0.970. The Morgan fingerprint density at radius 2 is 2.05 bits per heavy atom. The average molecular weight is 291 g/mol. The van der Waals surface area contributed by atoms with Gasteiger partial charge in [0.15, 0.2) is 0 Å². The Labute approximate surface area is 126 Å². The van der Waals surface area contributed by atoms with E-state index in [9.17, 15) is 4.79 Å². The topological polar surface area (TPSA) is 66.3 Å². The Bertz CT molecular complexity index is 523. The van der Waals surface area contributed by atoms with E-state index < -0.39 is 5.97 Å². The molecule has 1 aromatic rings. The highest BCUT2D eigenvalue weighted by atomic mass is 16.4. The summed E-state index contributed by atoms with van der Waals surface area (Å²) in [6, 6.07) is 0. The van der Waals surface area contributed by atoms with Gasteiger partial charge in [0, 0.05) is 19.3 Å². The van der Waals surface area contributed by atoms with E-state index in [1.807, 2.05) is 0 Å². The molecular weight excluding hydrogens is 266 g/mol. The van der Waals surface area contributed by atoms with E-state index in [2.05, 4.69) is 35.6 Å². The van der Waals surface area contributed by atoms with Crippen LogP contribution in [-0.4, -0.2) is 34.1 Å². The van der Waals surface area contributed by atoms with Crippen molar-refractivity contribution in [3.63, 3.8) is 0 Å². The number of carbonyl (C=O) groups is 1. The Balaban J connectivity index is 2.13. The number of carboxylic acids is 1. The SMILES string of the molecule is Cc1nc(N2CCCC(C(C)(C)C)CC2)ncc1C(=O)O. The zero-order valence-electron chi connectivity index (χ0n) is 13.4. The van der Waals surface area contributed by atoms with Crippen molar-refractivity contribution >= 4 is 11.9 Å². The maximum atomic E-state index is 11.0. The number of hydrogen-bond donors (Lipinski definition) is 1. The summed E-state index contributed by atoms with van der Waals surface area (Å²) in [5.41, 5.74) is 1.05. The van der Waals surface area contributed by atoms with Crippen LogP contribution in [-0.2, 0) is 0 Å². The fourth-order valence-corrected chi connectivity index (χ4v) is 2.98. The fraction of sp³-hybridized carbons (Fsp3) is 0.688. The Morgan fingerprint density at radius 1 is 1.33 bits per heavy atom. The number of carboxylic acid groups (broad SMARTS) is 1. The molecule has 116 valence electrons. The van der Waals surface area contributed by atoms with Crippen molar-refractivity contribution in [1.82, 2.24) is 9.97 Å². The van der Waals surface area contributed by atoms with Crippen LogP contribution in [0.15, 0.2) is 6.20 Å². The Kier molecular flexibility index (Phi) is 4.49. The molecule has 1 aliphatic rings. The van der Waals surface area contributed by atoms with Crippen LogP contribution in [0.4, 0.5) is 5.95 Å². The van der Waals surface area contributed by atoms with Gasteiger partial charge in [-0.15, -0.1) is 0 Å². The van der Waals surface area contributed by atoms with Crippen LogP contribution in [0.3, 0.4) is 0 Å². The zero-order chi connectivity index (χ0) is 15.6. The molecule has 0 saturated carbocycles. The highest BCUT2D eigenvalue weighted by Gasteiger charge is 2.27. The minimum Gasteiger partial charge on any atom is -0.478 e. The van der Waals surface area contributed by atoms with Gasteiger partial charge in [0.05, 0.1) is 11.3 Å². The molecule has 1 aliphatic heterocycles. The Morgan fingerprint density at radius 3 is 2.62 bits per heavy atom. The predicted octanol–water partition coefficient (Wildman–Crippen LogP) is 3.14. The molecule has 0 spiro atoms. The second kappa shape index (κ2) is 6.00. The number of aromatic nitrogens is 2. The van der Waals surface area contributed by atoms with Crippen LogP contribution in [0.5, 0.6) is 0 Å². The van der Waals surface area contributed by atoms with E-state index in [1.54, 1.807) is 6.92 Å². The molecule has 5 nitrogen and oxygen atoms in total. The summed E-state index contributed by atoms with van der Waals surface area (Å²) < 4.78 is 0.